The minimum atomic E-state index is -0.779. The highest BCUT2D eigenvalue weighted by molar-refractivity contribution is 7.22. The first-order valence-corrected chi connectivity index (χ1v) is 12.7. The highest BCUT2D eigenvalue weighted by Crippen LogP contribution is 2.31. The van der Waals surface area contributed by atoms with Gasteiger partial charge >= 0.3 is 6.09 Å². The van der Waals surface area contributed by atoms with Gasteiger partial charge in [-0.05, 0) is 43.0 Å². The number of rotatable bonds is 6. The molecule has 0 saturated carbocycles. The molecule has 2 aliphatic heterocycles. The van der Waals surface area contributed by atoms with Crippen LogP contribution >= 0.6 is 11.3 Å². The van der Waals surface area contributed by atoms with Gasteiger partial charge in [0.25, 0.3) is 5.91 Å². The largest absolute Gasteiger partial charge is 0.449 e. The fraction of sp³-hybridized carbons (Fsp3) is 0.417. The van der Waals surface area contributed by atoms with Crippen LogP contribution in [-0.4, -0.2) is 68.0 Å². The number of pyridine rings is 1. The average Bonchev–Trinajstić information content (AvgIpc) is 3.32. The summed E-state index contributed by atoms with van der Waals surface area (Å²) in [5.74, 6) is -0.700. The molecule has 2 aromatic heterocycles. The lowest BCUT2D eigenvalue weighted by molar-refractivity contribution is 0.102. The lowest BCUT2D eigenvalue weighted by Gasteiger charge is -2.34. The summed E-state index contributed by atoms with van der Waals surface area (Å²) in [6, 6.07) is 6.07. The van der Waals surface area contributed by atoms with E-state index >= 15 is 0 Å². The summed E-state index contributed by atoms with van der Waals surface area (Å²) in [4.78, 5) is 37.3. The van der Waals surface area contributed by atoms with Gasteiger partial charge in [-0.3, -0.25) is 4.79 Å². The van der Waals surface area contributed by atoms with E-state index in [9.17, 15) is 14.0 Å². The topological polar surface area (TPSA) is 123 Å². The van der Waals surface area contributed by atoms with Crippen LogP contribution in [0.15, 0.2) is 30.5 Å². The van der Waals surface area contributed by atoms with E-state index in [0.717, 1.165) is 35.8 Å². The molecule has 3 N–H and O–H groups in total. The first-order valence-electron chi connectivity index (χ1n) is 11.8. The fourth-order valence-corrected chi connectivity index (χ4v) is 5.49. The van der Waals surface area contributed by atoms with Gasteiger partial charge in [0.1, 0.15) is 5.82 Å². The molecule has 5 rings (SSSR count). The van der Waals surface area contributed by atoms with Crippen molar-refractivity contribution in [2.45, 2.75) is 12.8 Å². The first-order chi connectivity index (χ1) is 17.5. The number of benzene rings is 1. The molecule has 3 aromatic rings. The van der Waals surface area contributed by atoms with Gasteiger partial charge in [0.05, 0.1) is 42.0 Å². The van der Waals surface area contributed by atoms with Crippen molar-refractivity contribution in [1.82, 2.24) is 9.97 Å². The Morgan fingerprint density at radius 2 is 1.94 bits per heavy atom. The number of carbonyl (C=O) groups is 2. The lowest BCUT2D eigenvalue weighted by atomic mass is 9.96. The number of nitrogens with zero attached hydrogens (tertiary/aromatic N) is 4. The molecule has 0 bridgehead atoms. The number of primary amides is 1. The number of anilines is 3. The number of nitrogens with one attached hydrogen (secondary N) is 1. The van der Waals surface area contributed by atoms with E-state index in [2.05, 4.69) is 20.2 Å². The van der Waals surface area contributed by atoms with Crippen molar-refractivity contribution in [2.24, 2.45) is 11.7 Å². The molecule has 10 nitrogen and oxygen atoms in total. The zero-order valence-electron chi connectivity index (χ0n) is 19.6. The highest BCUT2D eigenvalue weighted by Gasteiger charge is 2.24. The average molecular weight is 515 g/mol. The van der Waals surface area contributed by atoms with Crippen molar-refractivity contribution in [3.8, 4) is 0 Å². The lowest BCUT2D eigenvalue weighted by Crippen LogP contribution is -2.36. The maximum atomic E-state index is 14.1. The number of morpholine rings is 1. The van der Waals surface area contributed by atoms with Crippen molar-refractivity contribution in [3.05, 3.63) is 41.8 Å². The van der Waals surface area contributed by atoms with Crippen LogP contribution in [-0.2, 0) is 9.47 Å². The van der Waals surface area contributed by atoms with Crippen LogP contribution in [0.2, 0.25) is 0 Å². The van der Waals surface area contributed by atoms with Gasteiger partial charge in [0.2, 0.25) is 0 Å². The van der Waals surface area contributed by atoms with E-state index in [1.807, 2.05) is 11.0 Å². The second-order valence-electron chi connectivity index (χ2n) is 8.82. The van der Waals surface area contributed by atoms with E-state index in [4.69, 9.17) is 15.2 Å². The standard InChI is InChI=1S/C24H27FN6O4S/c25-16-1-2-19(30-5-3-15(4-6-30)14-35-23(26)33)18(11-16)22(32)28-17-12-20-21(27-13-17)29-24(36-20)31-7-9-34-10-8-31/h1-2,11-13,15H,3-10,14H2,(H2,26,33)(H,28,32). The van der Waals surface area contributed by atoms with E-state index in [-0.39, 0.29) is 18.1 Å². The third-order valence-electron chi connectivity index (χ3n) is 6.39. The van der Waals surface area contributed by atoms with Gasteiger partial charge in [-0.15, -0.1) is 0 Å². The third-order valence-corrected chi connectivity index (χ3v) is 7.45. The van der Waals surface area contributed by atoms with Crippen molar-refractivity contribution in [3.63, 3.8) is 0 Å². The predicted octanol–water partition coefficient (Wildman–Crippen LogP) is 3.23. The number of ether oxygens (including phenoxy) is 2. The number of aromatic nitrogens is 2. The molecule has 0 unspecified atom stereocenters. The Morgan fingerprint density at radius 1 is 1.17 bits per heavy atom. The van der Waals surface area contributed by atoms with Crippen LogP contribution in [0.1, 0.15) is 23.2 Å². The molecule has 0 spiro atoms. The monoisotopic (exact) mass is 514 g/mol. The second kappa shape index (κ2) is 10.6. The molecule has 12 heteroatoms. The molecular weight excluding hydrogens is 487 g/mol. The molecule has 0 radical (unpaired) electrons. The molecule has 0 aliphatic carbocycles. The fourth-order valence-electron chi connectivity index (χ4n) is 4.47. The molecule has 2 fully saturated rings. The first kappa shape index (κ1) is 24.2. The summed E-state index contributed by atoms with van der Waals surface area (Å²) in [5, 5.41) is 3.74. The number of carbonyl (C=O) groups excluding carboxylic acids is 2. The number of fused-ring (bicyclic) bond motifs is 1. The smallest absolute Gasteiger partial charge is 0.404 e. The minimum absolute atomic E-state index is 0.200. The van der Waals surface area contributed by atoms with Gasteiger partial charge in [-0.1, -0.05) is 11.3 Å². The van der Waals surface area contributed by atoms with Crippen LogP contribution < -0.4 is 20.9 Å². The molecule has 2 amide bonds. The van der Waals surface area contributed by atoms with Crippen molar-refractivity contribution in [2.75, 3.05) is 61.1 Å². The highest BCUT2D eigenvalue weighted by atomic mass is 32.1. The zero-order chi connectivity index (χ0) is 25.1. The Balaban J connectivity index is 1.29. The van der Waals surface area contributed by atoms with Crippen LogP contribution in [0, 0.1) is 11.7 Å². The predicted molar refractivity (Wildman–Crippen MR) is 135 cm³/mol. The second-order valence-corrected chi connectivity index (χ2v) is 9.83. The molecule has 2 aliphatic rings. The van der Waals surface area contributed by atoms with Crippen molar-refractivity contribution in [1.29, 1.82) is 0 Å². The van der Waals surface area contributed by atoms with Gasteiger partial charge in [-0.2, -0.15) is 4.98 Å². The van der Waals surface area contributed by atoms with E-state index < -0.39 is 17.8 Å². The Kier molecular flexibility index (Phi) is 7.14. The molecule has 0 atom stereocenters. The van der Waals surface area contributed by atoms with Gasteiger partial charge < -0.3 is 30.3 Å². The third kappa shape index (κ3) is 5.49. The maximum absolute atomic E-state index is 14.1. The number of amides is 2. The van der Waals surface area contributed by atoms with Crippen molar-refractivity contribution >= 4 is 50.2 Å². The molecule has 36 heavy (non-hydrogen) atoms. The van der Waals surface area contributed by atoms with Gasteiger partial charge in [0.15, 0.2) is 10.8 Å². The zero-order valence-corrected chi connectivity index (χ0v) is 20.4. The molecule has 1 aromatic carbocycles. The van der Waals surface area contributed by atoms with Crippen LogP contribution in [0.4, 0.5) is 25.7 Å². The Hall–Kier alpha value is -3.51. The summed E-state index contributed by atoms with van der Waals surface area (Å²) in [6.45, 7) is 4.47. The number of thiazole rings is 1. The Morgan fingerprint density at radius 3 is 2.69 bits per heavy atom. The minimum Gasteiger partial charge on any atom is -0.449 e. The number of halogens is 1. The summed E-state index contributed by atoms with van der Waals surface area (Å²) in [6.07, 6.45) is 2.32. The molecule has 2 saturated heterocycles. The quantitative estimate of drug-likeness (QED) is 0.514. The van der Waals surface area contributed by atoms with Crippen LogP contribution in [0.25, 0.3) is 10.3 Å². The Labute approximate surface area is 211 Å². The van der Waals surface area contributed by atoms with Crippen LogP contribution in [0.5, 0.6) is 0 Å². The normalized spacial score (nSPS) is 16.8. The number of hydrogen-bond acceptors (Lipinski definition) is 9. The van der Waals surface area contributed by atoms with E-state index in [0.29, 0.717) is 43.3 Å². The maximum Gasteiger partial charge on any atom is 0.404 e. The Bertz CT molecular complexity index is 1260. The molecule has 4 heterocycles. The number of piperidine rings is 1. The summed E-state index contributed by atoms with van der Waals surface area (Å²) >= 11 is 1.51. The molecular formula is C24H27FN6O4S. The van der Waals surface area contributed by atoms with Gasteiger partial charge in [0, 0.05) is 31.9 Å². The van der Waals surface area contributed by atoms with Gasteiger partial charge in [-0.25, -0.2) is 14.2 Å². The summed E-state index contributed by atoms with van der Waals surface area (Å²) < 4.78 is 25.3. The number of hydrogen-bond donors (Lipinski definition) is 2. The van der Waals surface area contributed by atoms with Crippen molar-refractivity contribution < 1.29 is 23.5 Å². The van der Waals surface area contributed by atoms with E-state index in [1.54, 1.807) is 12.3 Å². The number of nitrogens with two attached hydrogens (primary N) is 1. The SMILES string of the molecule is NC(=O)OCC1CCN(c2ccc(F)cc2C(=O)Nc2cnc3nc(N4CCOCC4)sc3c2)CC1. The van der Waals surface area contributed by atoms with E-state index in [1.165, 1.54) is 23.5 Å². The molecule has 190 valence electrons. The van der Waals surface area contributed by atoms with Crippen LogP contribution in [0.3, 0.4) is 0 Å². The summed E-state index contributed by atoms with van der Waals surface area (Å²) in [7, 11) is 0. The summed E-state index contributed by atoms with van der Waals surface area (Å²) in [5.41, 5.74) is 7.10.